The van der Waals surface area contributed by atoms with E-state index in [9.17, 15) is 19.7 Å². The molecule has 1 aromatic carbocycles. The molecule has 2 aromatic heterocycles. The lowest BCUT2D eigenvalue weighted by atomic mass is 10.1. The molecule has 2 heterocycles. The first-order valence-corrected chi connectivity index (χ1v) is 9.09. The lowest BCUT2D eigenvalue weighted by Crippen LogP contribution is -2.23. The molecule has 0 atom stereocenters. The number of hydrogen-bond acceptors (Lipinski definition) is 6. The van der Waals surface area contributed by atoms with Gasteiger partial charge in [-0.05, 0) is 31.9 Å². The molecule has 0 aliphatic carbocycles. The van der Waals surface area contributed by atoms with Crippen LogP contribution >= 0.6 is 11.3 Å². The first kappa shape index (κ1) is 18.7. The zero-order chi connectivity index (χ0) is 19.7. The van der Waals surface area contributed by atoms with Gasteiger partial charge in [0.2, 0.25) is 5.91 Å². The van der Waals surface area contributed by atoms with Crippen molar-refractivity contribution in [3.8, 4) is 0 Å². The zero-order valence-electron chi connectivity index (χ0n) is 15.1. The number of hydrogen-bond donors (Lipinski definition) is 1. The number of amides is 1. The summed E-state index contributed by atoms with van der Waals surface area (Å²) in [6.07, 6.45) is 1.50. The Morgan fingerprint density at radius 3 is 2.78 bits per heavy atom. The van der Waals surface area contributed by atoms with Crippen LogP contribution in [-0.2, 0) is 11.3 Å². The predicted molar refractivity (Wildman–Crippen MR) is 104 cm³/mol. The summed E-state index contributed by atoms with van der Waals surface area (Å²) in [5, 5.41) is 14.1. The molecule has 0 spiro atoms. The molecule has 1 N–H and O–H groups in total. The van der Waals surface area contributed by atoms with Gasteiger partial charge < -0.3 is 5.32 Å². The molecular weight excluding hydrogens is 368 g/mol. The Morgan fingerprint density at radius 1 is 1.33 bits per heavy atom. The normalized spacial score (nSPS) is 10.9. The van der Waals surface area contributed by atoms with E-state index in [1.807, 2.05) is 13.8 Å². The second-order valence-corrected chi connectivity index (χ2v) is 7.46. The molecule has 3 rings (SSSR count). The van der Waals surface area contributed by atoms with Gasteiger partial charge in [-0.25, -0.2) is 4.98 Å². The molecule has 3 aromatic rings. The third-order valence-corrected chi connectivity index (χ3v) is 5.56. The van der Waals surface area contributed by atoms with Crippen molar-refractivity contribution in [1.82, 2.24) is 9.55 Å². The molecule has 0 saturated heterocycles. The van der Waals surface area contributed by atoms with Gasteiger partial charge in [-0.1, -0.05) is 6.07 Å². The highest BCUT2D eigenvalue weighted by molar-refractivity contribution is 7.18. The minimum atomic E-state index is -0.513. The fraction of sp³-hybridized carbons (Fsp3) is 0.278. The Labute approximate surface area is 158 Å². The summed E-state index contributed by atoms with van der Waals surface area (Å²) in [6, 6.07) is 4.29. The van der Waals surface area contributed by atoms with Crippen molar-refractivity contribution in [2.45, 2.75) is 33.7 Å². The van der Waals surface area contributed by atoms with E-state index in [1.165, 1.54) is 34.4 Å². The fourth-order valence-corrected chi connectivity index (χ4v) is 3.71. The Morgan fingerprint density at radius 2 is 2.07 bits per heavy atom. The van der Waals surface area contributed by atoms with E-state index in [-0.39, 0.29) is 30.1 Å². The van der Waals surface area contributed by atoms with E-state index in [1.54, 1.807) is 13.0 Å². The Balaban J connectivity index is 1.75. The summed E-state index contributed by atoms with van der Waals surface area (Å²) < 4.78 is 1.42. The number of non-ortho nitro benzene ring substituents is 1. The van der Waals surface area contributed by atoms with Crippen molar-refractivity contribution in [3.05, 3.63) is 61.0 Å². The molecule has 140 valence electrons. The average molecular weight is 386 g/mol. The van der Waals surface area contributed by atoms with Gasteiger partial charge in [0.05, 0.1) is 22.3 Å². The molecule has 9 heteroatoms. The summed E-state index contributed by atoms with van der Waals surface area (Å²) in [5.41, 5.74) is 1.77. The van der Waals surface area contributed by atoms with Gasteiger partial charge in [0.1, 0.15) is 4.83 Å². The maximum atomic E-state index is 12.6. The summed E-state index contributed by atoms with van der Waals surface area (Å²) >= 11 is 1.47. The number of benzene rings is 1. The summed E-state index contributed by atoms with van der Waals surface area (Å²) in [5.74, 6) is -0.330. The van der Waals surface area contributed by atoms with Crippen molar-refractivity contribution in [2.75, 3.05) is 5.32 Å². The first-order valence-electron chi connectivity index (χ1n) is 8.28. The van der Waals surface area contributed by atoms with E-state index >= 15 is 0 Å². The van der Waals surface area contributed by atoms with E-state index in [2.05, 4.69) is 10.3 Å². The van der Waals surface area contributed by atoms with Gasteiger partial charge >= 0.3 is 0 Å². The van der Waals surface area contributed by atoms with Crippen LogP contribution in [0.25, 0.3) is 10.2 Å². The first-order chi connectivity index (χ1) is 12.8. The van der Waals surface area contributed by atoms with Gasteiger partial charge in [0.25, 0.3) is 11.2 Å². The highest BCUT2D eigenvalue weighted by Crippen LogP contribution is 2.25. The van der Waals surface area contributed by atoms with Crippen molar-refractivity contribution in [3.63, 3.8) is 0 Å². The SMILES string of the molecule is Cc1ccc([N+](=O)[O-])cc1NC(=O)CCn1cnc2sc(C)c(C)c2c1=O. The molecule has 8 nitrogen and oxygen atoms in total. The monoisotopic (exact) mass is 386 g/mol. The highest BCUT2D eigenvalue weighted by atomic mass is 32.1. The average Bonchev–Trinajstić information content (AvgIpc) is 2.91. The van der Waals surface area contributed by atoms with Crippen molar-refractivity contribution in [2.24, 2.45) is 0 Å². The van der Waals surface area contributed by atoms with Crippen molar-refractivity contribution in [1.29, 1.82) is 0 Å². The van der Waals surface area contributed by atoms with Gasteiger partial charge in [0, 0.05) is 30.0 Å². The Kier molecular flexibility index (Phi) is 5.04. The number of fused-ring (bicyclic) bond motifs is 1. The third-order valence-electron chi connectivity index (χ3n) is 4.44. The van der Waals surface area contributed by atoms with Gasteiger partial charge in [-0.15, -0.1) is 11.3 Å². The van der Waals surface area contributed by atoms with Crippen LogP contribution < -0.4 is 10.9 Å². The number of anilines is 1. The maximum absolute atomic E-state index is 12.6. The molecule has 0 saturated carbocycles. The topological polar surface area (TPSA) is 107 Å². The van der Waals surface area contributed by atoms with Gasteiger partial charge in [-0.3, -0.25) is 24.3 Å². The third kappa shape index (κ3) is 3.72. The van der Waals surface area contributed by atoms with E-state index in [0.717, 1.165) is 16.0 Å². The van der Waals surface area contributed by atoms with Crippen LogP contribution in [-0.4, -0.2) is 20.4 Å². The standard InChI is InChI=1S/C18H18N4O4S/c1-10-4-5-13(22(25)26)8-14(10)20-15(23)6-7-21-9-19-17-16(18(21)24)11(2)12(3)27-17/h4-5,8-9H,6-7H2,1-3H3,(H,20,23). The number of aromatic nitrogens is 2. The summed E-state index contributed by atoms with van der Waals surface area (Å²) in [7, 11) is 0. The number of nitro groups is 1. The molecule has 0 aliphatic rings. The van der Waals surface area contributed by atoms with Gasteiger partial charge in [0.15, 0.2) is 0 Å². The smallest absolute Gasteiger partial charge is 0.271 e. The van der Waals surface area contributed by atoms with Crippen LogP contribution in [0.3, 0.4) is 0 Å². The second-order valence-electron chi connectivity index (χ2n) is 6.26. The Bertz CT molecular complexity index is 1120. The molecule has 1 amide bonds. The number of rotatable bonds is 5. The molecule has 0 fully saturated rings. The van der Waals surface area contributed by atoms with Gasteiger partial charge in [-0.2, -0.15) is 0 Å². The van der Waals surface area contributed by atoms with Crippen LogP contribution in [0.15, 0.2) is 29.3 Å². The number of nitrogens with one attached hydrogen (secondary N) is 1. The zero-order valence-corrected chi connectivity index (χ0v) is 15.9. The lowest BCUT2D eigenvalue weighted by molar-refractivity contribution is -0.384. The highest BCUT2D eigenvalue weighted by Gasteiger charge is 2.14. The molecule has 0 bridgehead atoms. The second kappa shape index (κ2) is 7.28. The number of nitro benzene ring substituents is 1. The van der Waals surface area contributed by atoms with Crippen LogP contribution in [0.2, 0.25) is 0 Å². The predicted octanol–water partition coefficient (Wildman–Crippen LogP) is 3.32. The van der Waals surface area contributed by atoms with Crippen LogP contribution in [0.4, 0.5) is 11.4 Å². The van der Waals surface area contributed by atoms with Crippen molar-refractivity contribution >= 4 is 38.8 Å². The van der Waals surface area contributed by atoms with Crippen LogP contribution in [0, 0.1) is 30.9 Å². The van der Waals surface area contributed by atoms with E-state index in [0.29, 0.717) is 15.9 Å². The molecular formula is C18H18N4O4S. The number of carbonyl (C=O) groups is 1. The van der Waals surface area contributed by atoms with Crippen LogP contribution in [0.5, 0.6) is 0 Å². The van der Waals surface area contributed by atoms with E-state index < -0.39 is 4.92 Å². The molecule has 0 radical (unpaired) electrons. The number of aryl methyl sites for hydroxylation is 4. The number of thiophene rings is 1. The Hall–Kier alpha value is -3.07. The summed E-state index contributed by atoms with van der Waals surface area (Å²) in [6.45, 7) is 5.76. The molecule has 0 aliphatic heterocycles. The quantitative estimate of drug-likeness (QED) is 0.535. The molecule has 0 unspecified atom stereocenters. The molecule has 27 heavy (non-hydrogen) atoms. The maximum Gasteiger partial charge on any atom is 0.271 e. The minimum absolute atomic E-state index is 0.0530. The van der Waals surface area contributed by atoms with Crippen molar-refractivity contribution < 1.29 is 9.72 Å². The van der Waals surface area contributed by atoms with Crippen LogP contribution in [0.1, 0.15) is 22.4 Å². The lowest BCUT2D eigenvalue weighted by Gasteiger charge is -2.09. The number of nitrogens with zero attached hydrogens (tertiary/aromatic N) is 3. The number of carbonyl (C=O) groups excluding carboxylic acids is 1. The summed E-state index contributed by atoms with van der Waals surface area (Å²) in [4.78, 5) is 41.3. The van der Waals surface area contributed by atoms with E-state index in [4.69, 9.17) is 0 Å². The minimum Gasteiger partial charge on any atom is -0.326 e. The fourth-order valence-electron chi connectivity index (χ4n) is 2.72. The largest absolute Gasteiger partial charge is 0.326 e.